The number of aliphatic hydroxyl groups excluding tert-OH is 1. The minimum atomic E-state index is 0.0983. The fourth-order valence-corrected chi connectivity index (χ4v) is 2.49. The predicted molar refractivity (Wildman–Crippen MR) is 84.8 cm³/mol. The molecule has 0 aliphatic carbocycles. The summed E-state index contributed by atoms with van der Waals surface area (Å²) in [6, 6.07) is 17.6. The van der Waals surface area contributed by atoms with E-state index in [1.54, 1.807) is 0 Å². The number of halogens is 1. The van der Waals surface area contributed by atoms with Crippen LogP contribution in [0, 0.1) is 0 Å². The van der Waals surface area contributed by atoms with Gasteiger partial charge >= 0.3 is 0 Å². The molecule has 3 aromatic rings. The summed E-state index contributed by atoms with van der Waals surface area (Å²) in [6.07, 6.45) is 2.39. The van der Waals surface area contributed by atoms with Gasteiger partial charge in [-0.2, -0.15) is 5.10 Å². The number of nitrogens with zero attached hydrogens (tertiary/aromatic N) is 2. The van der Waals surface area contributed by atoms with Gasteiger partial charge in [0.05, 0.1) is 17.6 Å². The summed E-state index contributed by atoms with van der Waals surface area (Å²) in [7, 11) is 0. The number of hydrogen-bond donors (Lipinski definition) is 1. The first kappa shape index (κ1) is 13.9. The van der Waals surface area contributed by atoms with Crippen molar-refractivity contribution in [3.8, 4) is 16.9 Å². The van der Waals surface area contributed by atoms with E-state index in [0.29, 0.717) is 11.4 Å². The van der Waals surface area contributed by atoms with Gasteiger partial charge in [0.2, 0.25) is 0 Å². The molecule has 0 aliphatic rings. The lowest BCUT2D eigenvalue weighted by Gasteiger charge is -2.10. The maximum atomic E-state index is 9.26. The van der Waals surface area contributed by atoms with Gasteiger partial charge in [0.15, 0.2) is 0 Å². The SMILES string of the molecule is OCCc1cnn(-c2ccccc2)c1-c1ccc(Cl)cc1. The van der Waals surface area contributed by atoms with E-state index in [1.165, 1.54) is 0 Å². The standard InChI is InChI=1S/C17H15ClN2O/c18-15-8-6-13(7-9-15)17-14(10-11-21)12-19-20(17)16-4-2-1-3-5-16/h1-9,12,21H,10-11H2. The fourth-order valence-electron chi connectivity index (χ4n) is 2.37. The van der Waals surface area contributed by atoms with Gasteiger partial charge in [-0.15, -0.1) is 0 Å². The molecule has 0 radical (unpaired) electrons. The first-order chi connectivity index (χ1) is 10.3. The Kier molecular flexibility index (Phi) is 4.04. The highest BCUT2D eigenvalue weighted by molar-refractivity contribution is 6.30. The predicted octanol–water partition coefficient (Wildman–Crippen LogP) is 3.73. The fraction of sp³-hybridized carbons (Fsp3) is 0.118. The van der Waals surface area contributed by atoms with Gasteiger partial charge in [-0.3, -0.25) is 0 Å². The monoisotopic (exact) mass is 298 g/mol. The van der Waals surface area contributed by atoms with Crippen LogP contribution in [-0.2, 0) is 6.42 Å². The van der Waals surface area contributed by atoms with Crippen LogP contribution >= 0.6 is 11.6 Å². The van der Waals surface area contributed by atoms with Crippen molar-refractivity contribution in [2.75, 3.05) is 6.61 Å². The van der Waals surface area contributed by atoms with E-state index in [0.717, 1.165) is 22.5 Å². The average molecular weight is 299 g/mol. The van der Waals surface area contributed by atoms with Crippen LogP contribution in [0.3, 0.4) is 0 Å². The molecule has 4 heteroatoms. The van der Waals surface area contributed by atoms with Crippen molar-refractivity contribution in [3.05, 3.63) is 71.4 Å². The van der Waals surface area contributed by atoms with Gasteiger partial charge in [0.25, 0.3) is 0 Å². The van der Waals surface area contributed by atoms with E-state index < -0.39 is 0 Å². The third-order valence-electron chi connectivity index (χ3n) is 3.34. The quantitative estimate of drug-likeness (QED) is 0.797. The van der Waals surface area contributed by atoms with Gasteiger partial charge < -0.3 is 5.11 Å². The zero-order valence-corrected chi connectivity index (χ0v) is 12.2. The third-order valence-corrected chi connectivity index (χ3v) is 3.60. The van der Waals surface area contributed by atoms with Crippen molar-refractivity contribution >= 4 is 11.6 Å². The largest absolute Gasteiger partial charge is 0.396 e. The highest BCUT2D eigenvalue weighted by atomic mass is 35.5. The van der Waals surface area contributed by atoms with Crippen molar-refractivity contribution in [3.63, 3.8) is 0 Å². The van der Waals surface area contributed by atoms with Crippen LogP contribution in [0.5, 0.6) is 0 Å². The molecular weight excluding hydrogens is 284 g/mol. The first-order valence-corrected chi connectivity index (χ1v) is 7.16. The molecule has 21 heavy (non-hydrogen) atoms. The second kappa shape index (κ2) is 6.12. The summed E-state index contributed by atoms with van der Waals surface area (Å²) in [5.41, 5.74) is 4.03. The van der Waals surface area contributed by atoms with E-state index in [4.69, 9.17) is 11.6 Å². The molecule has 0 bridgehead atoms. The Labute approximate surface area is 128 Å². The zero-order valence-electron chi connectivity index (χ0n) is 11.4. The van der Waals surface area contributed by atoms with Gasteiger partial charge in [0, 0.05) is 22.8 Å². The number of benzene rings is 2. The molecule has 1 aromatic heterocycles. The minimum Gasteiger partial charge on any atom is -0.396 e. The summed E-state index contributed by atoms with van der Waals surface area (Å²) >= 11 is 5.97. The molecule has 0 unspecified atom stereocenters. The molecule has 0 fully saturated rings. The van der Waals surface area contributed by atoms with E-state index in [-0.39, 0.29) is 6.61 Å². The summed E-state index contributed by atoms with van der Waals surface area (Å²) in [5, 5.41) is 14.4. The van der Waals surface area contributed by atoms with Crippen molar-refractivity contribution in [1.82, 2.24) is 9.78 Å². The molecule has 106 valence electrons. The molecule has 3 rings (SSSR count). The highest BCUT2D eigenvalue weighted by Gasteiger charge is 2.13. The number of rotatable bonds is 4. The average Bonchev–Trinajstić information content (AvgIpc) is 2.93. The van der Waals surface area contributed by atoms with Crippen molar-refractivity contribution < 1.29 is 5.11 Å². The van der Waals surface area contributed by atoms with Crippen LogP contribution in [-0.4, -0.2) is 21.5 Å². The number of aliphatic hydroxyl groups is 1. The highest BCUT2D eigenvalue weighted by Crippen LogP contribution is 2.28. The third kappa shape index (κ3) is 2.84. The Morgan fingerprint density at radius 1 is 1.00 bits per heavy atom. The number of hydrogen-bond acceptors (Lipinski definition) is 2. The van der Waals surface area contributed by atoms with E-state index in [2.05, 4.69) is 5.10 Å². The van der Waals surface area contributed by atoms with Crippen LogP contribution in [0.1, 0.15) is 5.56 Å². The minimum absolute atomic E-state index is 0.0983. The lowest BCUT2D eigenvalue weighted by molar-refractivity contribution is 0.300. The van der Waals surface area contributed by atoms with Crippen LogP contribution in [0.4, 0.5) is 0 Å². The number of aromatic nitrogens is 2. The molecule has 0 atom stereocenters. The molecular formula is C17H15ClN2O. The summed E-state index contributed by atoms with van der Waals surface area (Å²) in [4.78, 5) is 0. The smallest absolute Gasteiger partial charge is 0.0773 e. The van der Waals surface area contributed by atoms with Gasteiger partial charge in [0.1, 0.15) is 0 Å². The Morgan fingerprint density at radius 3 is 2.38 bits per heavy atom. The Hall–Kier alpha value is -2.10. The molecule has 0 saturated heterocycles. The molecule has 0 amide bonds. The van der Waals surface area contributed by atoms with Gasteiger partial charge in [-0.05, 0) is 30.7 Å². The van der Waals surface area contributed by atoms with Crippen LogP contribution < -0.4 is 0 Å². The summed E-state index contributed by atoms with van der Waals surface area (Å²) in [6.45, 7) is 0.0983. The zero-order chi connectivity index (χ0) is 14.7. The van der Waals surface area contributed by atoms with Crippen molar-refractivity contribution in [2.45, 2.75) is 6.42 Å². The first-order valence-electron chi connectivity index (χ1n) is 6.78. The lowest BCUT2D eigenvalue weighted by Crippen LogP contribution is -2.00. The Bertz CT molecular complexity index is 720. The van der Waals surface area contributed by atoms with Crippen LogP contribution in [0.15, 0.2) is 60.8 Å². The maximum Gasteiger partial charge on any atom is 0.0773 e. The summed E-state index contributed by atoms with van der Waals surface area (Å²) in [5.74, 6) is 0. The van der Waals surface area contributed by atoms with E-state index in [1.807, 2.05) is 65.5 Å². The molecule has 0 saturated carbocycles. The van der Waals surface area contributed by atoms with E-state index >= 15 is 0 Å². The van der Waals surface area contributed by atoms with Gasteiger partial charge in [-0.1, -0.05) is 41.9 Å². The summed E-state index contributed by atoms with van der Waals surface area (Å²) < 4.78 is 1.90. The van der Waals surface area contributed by atoms with Crippen LogP contribution in [0.25, 0.3) is 16.9 Å². The number of para-hydroxylation sites is 1. The van der Waals surface area contributed by atoms with Crippen LogP contribution in [0.2, 0.25) is 5.02 Å². The molecule has 0 aliphatic heterocycles. The normalized spacial score (nSPS) is 10.8. The molecule has 2 aromatic carbocycles. The Morgan fingerprint density at radius 2 is 1.71 bits per heavy atom. The Balaban J connectivity index is 2.16. The molecule has 1 N–H and O–H groups in total. The second-order valence-corrected chi connectivity index (χ2v) is 5.18. The van der Waals surface area contributed by atoms with Gasteiger partial charge in [-0.25, -0.2) is 4.68 Å². The maximum absolute atomic E-state index is 9.26. The molecule has 1 heterocycles. The topological polar surface area (TPSA) is 38.1 Å². The molecule has 3 nitrogen and oxygen atoms in total. The second-order valence-electron chi connectivity index (χ2n) is 4.75. The lowest BCUT2D eigenvalue weighted by atomic mass is 10.1. The van der Waals surface area contributed by atoms with E-state index in [9.17, 15) is 5.11 Å². The molecule has 0 spiro atoms. The van der Waals surface area contributed by atoms with Crippen molar-refractivity contribution in [2.24, 2.45) is 0 Å². The van der Waals surface area contributed by atoms with Crippen molar-refractivity contribution in [1.29, 1.82) is 0 Å².